The zero-order chi connectivity index (χ0) is 13.0. The number of piperidine rings is 1. The van der Waals surface area contributed by atoms with Crippen LogP contribution in [0.1, 0.15) is 34.1 Å². The number of rotatable bonds is 5. The Hall–Kier alpha value is -0.610. The van der Waals surface area contributed by atoms with Crippen molar-refractivity contribution >= 4 is 5.97 Å². The van der Waals surface area contributed by atoms with E-state index in [1.807, 2.05) is 13.8 Å². The highest BCUT2D eigenvalue weighted by Crippen LogP contribution is 2.20. The van der Waals surface area contributed by atoms with Gasteiger partial charge in [0.2, 0.25) is 0 Å². The molecule has 4 nitrogen and oxygen atoms in total. The summed E-state index contributed by atoms with van der Waals surface area (Å²) in [6, 6.07) is -0.247. The minimum atomic E-state index is -0.746. The minimum Gasteiger partial charge on any atom is -0.480 e. The summed E-state index contributed by atoms with van der Waals surface area (Å²) in [5, 5.41) is 12.3. The predicted octanol–water partition coefficient (Wildman–Crippen LogP) is 1.42. The largest absolute Gasteiger partial charge is 0.480 e. The molecule has 17 heavy (non-hydrogen) atoms. The molecule has 0 spiro atoms. The van der Waals surface area contributed by atoms with Crippen LogP contribution in [0.15, 0.2) is 0 Å². The van der Waals surface area contributed by atoms with Gasteiger partial charge in [0.05, 0.1) is 0 Å². The molecule has 0 saturated carbocycles. The minimum absolute atomic E-state index is 0.204. The van der Waals surface area contributed by atoms with E-state index in [1.54, 1.807) is 0 Å². The summed E-state index contributed by atoms with van der Waals surface area (Å²) in [5.74, 6) is 0.601. The van der Waals surface area contributed by atoms with Crippen LogP contribution in [0.3, 0.4) is 0 Å². The fraction of sp³-hybridized carbons (Fsp3) is 0.923. The Morgan fingerprint density at radius 3 is 2.29 bits per heavy atom. The molecule has 0 bridgehead atoms. The maximum atomic E-state index is 11.2. The molecule has 1 saturated heterocycles. The van der Waals surface area contributed by atoms with Gasteiger partial charge >= 0.3 is 5.97 Å². The first kappa shape index (κ1) is 14.5. The first-order valence-electron chi connectivity index (χ1n) is 6.59. The van der Waals surface area contributed by atoms with Gasteiger partial charge in [0, 0.05) is 25.7 Å². The van der Waals surface area contributed by atoms with E-state index in [0.29, 0.717) is 18.4 Å². The fourth-order valence-corrected chi connectivity index (χ4v) is 2.80. The fourth-order valence-electron chi connectivity index (χ4n) is 2.80. The van der Waals surface area contributed by atoms with Crippen LogP contribution < -0.4 is 5.32 Å². The molecule has 0 radical (unpaired) electrons. The lowest BCUT2D eigenvalue weighted by Crippen LogP contribution is -2.51. The number of hydrogen-bond donors (Lipinski definition) is 2. The molecule has 0 amide bonds. The number of carboxylic acids is 1. The van der Waals surface area contributed by atoms with Crippen LogP contribution in [0.4, 0.5) is 0 Å². The Morgan fingerprint density at radius 2 is 1.88 bits per heavy atom. The molecular formula is C13H26N2O2. The number of nitrogens with one attached hydrogen (secondary N) is 1. The van der Waals surface area contributed by atoms with Crippen molar-refractivity contribution in [2.45, 2.75) is 46.2 Å². The number of carbonyl (C=O) groups is 1. The average Bonchev–Trinajstić information content (AvgIpc) is 2.13. The van der Waals surface area contributed by atoms with Gasteiger partial charge in [-0.1, -0.05) is 27.7 Å². The van der Waals surface area contributed by atoms with E-state index in [4.69, 9.17) is 0 Å². The van der Waals surface area contributed by atoms with E-state index < -0.39 is 12.0 Å². The zero-order valence-electron chi connectivity index (χ0n) is 11.4. The lowest BCUT2D eigenvalue weighted by Gasteiger charge is -2.36. The lowest BCUT2D eigenvalue weighted by molar-refractivity contribution is -0.140. The van der Waals surface area contributed by atoms with Crippen molar-refractivity contribution in [2.75, 3.05) is 19.6 Å². The van der Waals surface area contributed by atoms with Crippen LogP contribution in [-0.2, 0) is 4.79 Å². The molecule has 4 heteroatoms. The third-order valence-electron chi connectivity index (χ3n) is 3.22. The first-order valence-corrected chi connectivity index (χ1v) is 6.59. The highest BCUT2D eigenvalue weighted by atomic mass is 16.4. The maximum absolute atomic E-state index is 11.2. The van der Waals surface area contributed by atoms with E-state index in [-0.39, 0.29) is 6.04 Å². The highest BCUT2D eigenvalue weighted by molar-refractivity contribution is 5.73. The number of aliphatic carboxylic acids is 1. The Kier molecular flexibility index (Phi) is 5.40. The van der Waals surface area contributed by atoms with Gasteiger partial charge in [-0.2, -0.15) is 0 Å². The molecule has 3 atom stereocenters. The van der Waals surface area contributed by atoms with E-state index in [2.05, 4.69) is 24.1 Å². The molecule has 2 N–H and O–H groups in total. The third-order valence-corrected chi connectivity index (χ3v) is 3.22. The normalized spacial score (nSPS) is 28.3. The van der Waals surface area contributed by atoms with Gasteiger partial charge in [0.25, 0.3) is 0 Å². The monoisotopic (exact) mass is 242 g/mol. The van der Waals surface area contributed by atoms with Gasteiger partial charge in [0.1, 0.15) is 6.04 Å². The molecule has 1 heterocycles. The van der Waals surface area contributed by atoms with E-state index >= 15 is 0 Å². The van der Waals surface area contributed by atoms with Crippen molar-refractivity contribution in [3.8, 4) is 0 Å². The van der Waals surface area contributed by atoms with Gasteiger partial charge in [-0.25, -0.2) is 0 Å². The molecule has 1 rings (SSSR count). The Bertz CT molecular complexity index is 246. The summed E-state index contributed by atoms with van der Waals surface area (Å²) >= 11 is 0. The second-order valence-electron chi connectivity index (χ2n) is 5.88. The van der Waals surface area contributed by atoms with Gasteiger partial charge in [-0.05, 0) is 18.3 Å². The maximum Gasteiger partial charge on any atom is 0.322 e. The summed E-state index contributed by atoms with van der Waals surface area (Å²) in [6.07, 6.45) is 1.26. The molecule has 1 fully saturated rings. The van der Waals surface area contributed by atoms with Crippen LogP contribution in [0, 0.1) is 11.8 Å². The van der Waals surface area contributed by atoms with Gasteiger partial charge in [-0.3, -0.25) is 4.79 Å². The van der Waals surface area contributed by atoms with Gasteiger partial charge < -0.3 is 15.3 Å². The lowest BCUT2D eigenvalue weighted by atomic mass is 9.91. The second kappa shape index (κ2) is 6.36. The van der Waals surface area contributed by atoms with E-state index in [0.717, 1.165) is 13.1 Å². The summed E-state index contributed by atoms with van der Waals surface area (Å²) in [5.41, 5.74) is 0. The SMILES string of the molecule is CC1CC(C)CN(CC(NC(C)C)C(=O)O)C1. The highest BCUT2D eigenvalue weighted by Gasteiger charge is 2.26. The van der Waals surface area contributed by atoms with Gasteiger partial charge in [0.15, 0.2) is 0 Å². The van der Waals surface area contributed by atoms with E-state index in [9.17, 15) is 9.90 Å². The van der Waals surface area contributed by atoms with Crippen molar-refractivity contribution in [1.82, 2.24) is 10.2 Å². The van der Waals surface area contributed by atoms with Crippen molar-refractivity contribution < 1.29 is 9.90 Å². The third kappa shape index (κ3) is 5.04. The van der Waals surface area contributed by atoms with Crippen LogP contribution >= 0.6 is 0 Å². The molecule has 100 valence electrons. The standard InChI is InChI=1S/C13H26N2O2/c1-9(2)14-12(13(16)17)8-15-6-10(3)5-11(4)7-15/h9-12,14H,5-8H2,1-4H3,(H,16,17). The molecule has 1 aliphatic rings. The summed E-state index contributed by atoms with van der Waals surface area (Å²) in [7, 11) is 0. The molecule has 0 aromatic heterocycles. The second-order valence-corrected chi connectivity index (χ2v) is 5.88. The smallest absolute Gasteiger partial charge is 0.322 e. The molecular weight excluding hydrogens is 216 g/mol. The zero-order valence-corrected chi connectivity index (χ0v) is 11.4. The van der Waals surface area contributed by atoms with Crippen molar-refractivity contribution in [2.24, 2.45) is 11.8 Å². The van der Waals surface area contributed by atoms with Crippen LogP contribution in [0.25, 0.3) is 0 Å². The molecule has 0 aliphatic carbocycles. The number of likely N-dealkylation sites (tertiary alicyclic amines) is 1. The Morgan fingerprint density at radius 1 is 1.35 bits per heavy atom. The first-order chi connectivity index (χ1) is 7.88. The quantitative estimate of drug-likeness (QED) is 0.765. The predicted molar refractivity (Wildman–Crippen MR) is 69.1 cm³/mol. The van der Waals surface area contributed by atoms with Crippen LogP contribution in [0.2, 0.25) is 0 Å². The summed E-state index contributed by atoms with van der Waals surface area (Å²) in [4.78, 5) is 13.5. The van der Waals surface area contributed by atoms with E-state index in [1.165, 1.54) is 6.42 Å². The van der Waals surface area contributed by atoms with Crippen LogP contribution in [0.5, 0.6) is 0 Å². The molecule has 0 aromatic carbocycles. The number of carboxylic acid groups (broad SMARTS) is 1. The molecule has 3 unspecified atom stereocenters. The molecule has 1 aliphatic heterocycles. The van der Waals surface area contributed by atoms with Crippen molar-refractivity contribution in [1.29, 1.82) is 0 Å². The van der Waals surface area contributed by atoms with Crippen LogP contribution in [-0.4, -0.2) is 47.7 Å². The molecule has 0 aromatic rings. The number of hydrogen-bond acceptors (Lipinski definition) is 3. The van der Waals surface area contributed by atoms with Crippen molar-refractivity contribution in [3.63, 3.8) is 0 Å². The Labute approximate surface area is 104 Å². The Balaban J connectivity index is 2.51. The topological polar surface area (TPSA) is 52.6 Å². The average molecular weight is 242 g/mol. The van der Waals surface area contributed by atoms with Gasteiger partial charge in [-0.15, -0.1) is 0 Å². The van der Waals surface area contributed by atoms with Crippen molar-refractivity contribution in [3.05, 3.63) is 0 Å². The summed E-state index contributed by atoms with van der Waals surface area (Å²) < 4.78 is 0. The number of nitrogens with zero attached hydrogens (tertiary/aromatic N) is 1. The summed E-state index contributed by atoms with van der Waals surface area (Å²) in [6.45, 7) is 11.1.